The van der Waals surface area contributed by atoms with Gasteiger partial charge in [-0.2, -0.15) is 9.29 Å². The Labute approximate surface area is 181 Å². The van der Waals surface area contributed by atoms with Gasteiger partial charge in [0, 0.05) is 18.7 Å². The van der Waals surface area contributed by atoms with Crippen molar-refractivity contribution >= 4 is 16.0 Å². The van der Waals surface area contributed by atoms with E-state index in [0.29, 0.717) is 24.5 Å². The molecule has 164 valence electrons. The lowest BCUT2D eigenvalue weighted by Crippen LogP contribution is -2.30. The molecular weight excluding hydrogens is 418 g/mol. The van der Waals surface area contributed by atoms with Crippen molar-refractivity contribution in [2.24, 2.45) is 0 Å². The number of benzene rings is 2. The number of hydrogen-bond acceptors (Lipinski definition) is 7. The van der Waals surface area contributed by atoms with Crippen LogP contribution in [0.5, 0.6) is 0 Å². The van der Waals surface area contributed by atoms with Crippen LogP contribution in [-0.2, 0) is 21.4 Å². The molecule has 0 atom stereocenters. The molecule has 0 spiro atoms. The molecule has 3 aromatic rings. The molecule has 0 amide bonds. The highest BCUT2D eigenvalue weighted by Crippen LogP contribution is 2.22. The van der Waals surface area contributed by atoms with E-state index in [2.05, 4.69) is 10.1 Å². The Kier molecular flexibility index (Phi) is 6.87. The van der Waals surface area contributed by atoms with Crippen LogP contribution in [0.4, 0.5) is 0 Å². The van der Waals surface area contributed by atoms with Crippen molar-refractivity contribution in [1.29, 1.82) is 0 Å². The molecule has 8 nitrogen and oxygen atoms in total. The van der Waals surface area contributed by atoms with Gasteiger partial charge in [-0.05, 0) is 37.1 Å². The van der Waals surface area contributed by atoms with Crippen LogP contribution in [0.15, 0.2) is 51.9 Å². The van der Waals surface area contributed by atoms with Gasteiger partial charge in [-0.3, -0.25) is 0 Å². The molecule has 1 heterocycles. The van der Waals surface area contributed by atoms with Gasteiger partial charge in [-0.15, -0.1) is 0 Å². The summed E-state index contributed by atoms with van der Waals surface area (Å²) in [7, 11) is -3.69. The molecule has 9 heteroatoms. The minimum Gasteiger partial charge on any atom is -0.452 e. The van der Waals surface area contributed by atoms with Gasteiger partial charge in [0.1, 0.15) is 0 Å². The maximum Gasteiger partial charge on any atom is 0.338 e. The normalized spacial score (nSPS) is 11.6. The predicted octanol–water partition coefficient (Wildman–Crippen LogP) is 3.74. The second-order valence-electron chi connectivity index (χ2n) is 6.97. The molecule has 0 aliphatic rings. The molecule has 0 saturated carbocycles. The van der Waals surface area contributed by atoms with Crippen molar-refractivity contribution in [1.82, 2.24) is 14.4 Å². The summed E-state index contributed by atoms with van der Waals surface area (Å²) in [4.78, 5) is 17.0. The Morgan fingerprint density at radius 1 is 1.06 bits per heavy atom. The first-order valence-corrected chi connectivity index (χ1v) is 11.4. The first-order valence-electron chi connectivity index (χ1n) is 9.94. The number of ether oxygens (including phenoxy) is 1. The van der Waals surface area contributed by atoms with Crippen molar-refractivity contribution in [3.05, 3.63) is 65.0 Å². The number of aromatic nitrogens is 2. The molecule has 3 rings (SSSR count). The molecule has 0 fully saturated rings. The third kappa shape index (κ3) is 4.83. The van der Waals surface area contributed by atoms with E-state index in [0.717, 1.165) is 11.1 Å². The second kappa shape index (κ2) is 9.40. The van der Waals surface area contributed by atoms with Gasteiger partial charge in [-0.1, -0.05) is 49.3 Å². The van der Waals surface area contributed by atoms with E-state index < -0.39 is 16.0 Å². The van der Waals surface area contributed by atoms with E-state index in [1.807, 2.05) is 31.2 Å². The summed E-state index contributed by atoms with van der Waals surface area (Å²) in [6, 6.07) is 12.0. The Hall–Kier alpha value is -3.04. The summed E-state index contributed by atoms with van der Waals surface area (Å²) in [6.07, 6.45) is 0. The Morgan fingerprint density at radius 3 is 2.45 bits per heavy atom. The number of carbonyl (C=O) groups is 1. The minimum absolute atomic E-state index is 0.0494. The molecule has 0 unspecified atom stereocenters. The molecule has 0 aliphatic carbocycles. The molecule has 0 aliphatic heterocycles. The summed E-state index contributed by atoms with van der Waals surface area (Å²) in [6.45, 7) is 7.64. The number of hydrogen-bond donors (Lipinski definition) is 0. The van der Waals surface area contributed by atoms with Crippen molar-refractivity contribution in [2.75, 3.05) is 13.1 Å². The van der Waals surface area contributed by atoms with E-state index >= 15 is 0 Å². The highest BCUT2D eigenvalue weighted by Gasteiger charge is 2.24. The van der Waals surface area contributed by atoms with Crippen LogP contribution in [0.3, 0.4) is 0 Å². The third-order valence-electron chi connectivity index (χ3n) is 4.95. The lowest BCUT2D eigenvalue weighted by molar-refractivity contribution is 0.0428. The minimum atomic E-state index is -3.69. The standard InChI is InChI=1S/C22H25N3O5S/c1-5-25(6-2)31(27,28)17-12-11-16(4)19(13-17)22(26)29-14-20-23-21(24-30-20)18-10-8-7-9-15(18)3/h7-13H,5-6,14H2,1-4H3. The Bertz CT molecular complexity index is 1180. The maximum atomic E-state index is 12.8. The quantitative estimate of drug-likeness (QED) is 0.489. The first kappa shape index (κ1) is 22.6. The molecule has 0 saturated heterocycles. The SMILES string of the molecule is CCN(CC)S(=O)(=O)c1ccc(C)c(C(=O)OCc2nc(-c3ccccc3C)no2)c1. The van der Waals surface area contributed by atoms with Crippen LogP contribution < -0.4 is 0 Å². The molecular formula is C22H25N3O5S. The van der Waals surface area contributed by atoms with E-state index in [-0.39, 0.29) is 23.0 Å². The van der Waals surface area contributed by atoms with Gasteiger partial charge in [0.05, 0.1) is 10.5 Å². The monoisotopic (exact) mass is 443 g/mol. The fourth-order valence-electron chi connectivity index (χ4n) is 3.15. The predicted molar refractivity (Wildman–Crippen MR) is 115 cm³/mol. The van der Waals surface area contributed by atoms with Crippen LogP contribution in [0, 0.1) is 13.8 Å². The maximum absolute atomic E-state index is 12.8. The Morgan fingerprint density at radius 2 is 1.77 bits per heavy atom. The summed E-state index contributed by atoms with van der Waals surface area (Å²) >= 11 is 0. The summed E-state index contributed by atoms with van der Waals surface area (Å²) < 4.78 is 37.4. The van der Waals surface area contributed by atoms with Gasteiger partial charge in [-0.25, -0.2) is 13.2 Å². The third-order valence-corrected chi connectivity index (χ3v) is 7.00. The van der Waals surface area contributed by atoms with Gasteiger partial charge >= 0.3 is 5.97 Å². The van der Waals surface area contributed by atoms with E-state index in [1.165, 1.54) is 16.4 Å². The van der Waals surface area contributed by atoms with Gasteiger partial charge in [0.15, 0.2) is 6.61 Å². The van der Waals surface area contributed by atoms with Gasteiger partial charge < -0.3 is 9.26 Å². The lowest BCUT2D eigenvalue weighted by atomic mass is 10.1. The van der Waals surface area contributed by atoms with Crippen molar-refractivity contribution in [2.45, 2.75) is 39.2 Å². The summed E-state index contributed by atoms with van der Waals surface area (Å²) in [5, 5.41) is 3.94. The first-order chi connectivity index (χ1) is 14.8. The molecule has 31 heavy (non-hydrogen) atoms. The van der Waals surface area contributed by atoms with Gasteiger partial charge in [0.2, 0.25) is 15.8 Å². The second-order valence-corrected chi connectivity index (χ2v) is 8.91. The fraction of sp³-hybridized carbons (Fsp3) is 0.318. The topological polar surface area (TPSA) is 103 Å². The number of aryl methyl sites for hydroxylation is 2. The van der Waals surface area contributed by atoms with Crippen molar-refractivity contribution in [3.8, 4) is 11.4 Å². The number of sulfonamides is 1. The number of rotatable bonds is 8. The van der Waals surface area contributed by atoms with E-state index in [9.17, 15) is 13.2 Å². The van der Waals surface area contributed by atoms with Crippen molar-refractivity contribution < 1.29 is 22.5 Å². The zero-order valence-corrected chi connectivity index (χ0v) is 18.8. The van der Waals surface area contributed by atoms with Crippen LogP contribution >= 0.6 is 0 Å². The molecule has 2 aromatic carbocycles. The molecule has 0 bridgehead atoms. The molecule has 1 aromatic heterocycles. The van der Waals surface area contributed by atoms with Crippen LogP contribution in [0.25, 0.3) is 11.4 Å². The number of carbonyl (C=O) groups excluding carboxylic acids is 1. The Balaban J connectivity index is 1.77. The highest BCUT2D eigenvalue weighted by molar-refractivity contribution is 7.89. The van der Waals surface area contributed by atoms with Crippen LogP contribution in [0.2, 0.25) is 0 Å². The average molecular weight is 444 g/mol. The average Bonchev–Trinajstić information content (AvgIpc) is 3.22. The smallest absolute Gasteiger partial charge is 0.338 e. The highest BCUT2D eigenvalue weighted by atomic mass is 32.2. The van der Waals surface area contributed by atoms with Crippen LogP contribution in [0.1, 0.15) is 41.2 Å². The fourth-order valence-corrected chi connectivity index (χ4v) is 4.63. The van der Waals surface area contributed by atoms with Crippen molar-refractivity contribution in [3.63, 3.8) is 0 Å². The van der Waals surface area contributed by atoms with Gasteiger partial charge in [0.25, 0.3) is 5.89 Å². The number of esters is 1. The molecule has 0 N–H and O–H groups in total. The summed E-state index contributed by atoms with van der Waals surface area (Å²) in [5.41, 5.74) is 2.60. The van der Waals surface area contributed by atoms with Crippen LogP contribution in [-0.4, -0.2) is 41.9 Å². The summed E-state index contributed by atoms with van der Waals surface area (Å²) in [5.74, 6) is -0.103. The number of nitrogens with zero attached hydrogens (tertiary/aromatic N) is 3. The zero-order valence-electron chi connectivity index (χ0n) is 18.0. The van der Waals surface area contributed by atoms with E-state index in [1.54, 1.807) is 26.8 Å². The largest absolute Gasteiger partial charge is 0.452 e. The lowest BCUT2D eigenvalue weighted by Gasteiger charge is -2.19. The zero-order chi connectivity index (χ0) is 22.6. The van der Waals surface area contributed by atoms with E-state index in [4.69, 9.17) is 9.26 Å². The molecule has 0 radical (unpaired) electrons.